The summed E-state index contributed by atoms with van der Waals surface area (Å²) in [6.07, 6.45) is -0.313. The van der Waals surface area contributed by atoms with Crippen LogP contribution in [0.15, 0.2) is 98.1 Å². The van der Waals surface area contributed by atoms with Crippen LogP contribution in [0.3, 0.4) is 0 Å². The van der Waals surface area contributed by atoms with Crippen LogP contribution in [0.4, 0.5) is 18.4 Å². The van der Waals surface area contributed by atoms with E-state index in [0.29, 0.717) is 0 Å². The second-order valence-electron chi connectivity index (χ2n) is 14.7. The summed E-state index contributed by atoms with van der Waals surface area (Å²) >= 11 is 0. The minimum atomic E-state index is -1.20. The molecule has 1 aliphatic carbocycles. The lowest BCUT2D eigenvalue weighted by Crippen LogP contribution is -2.17. The molecule has 0 fully saturated rings. The minimum absolute atomic E-state index is 0.00139. The van der Waals surface area contributed by atoms with Gasteiger partial charge in [0.05, 0.1) is 64.0 Å². The van der Waals surface area contributed by atoms with Crippen LogP contribution in [0.25, 0.3) is 11.1 Å². The molecule has 18 nitrogen and oxygen atoms in total. The van der Waals surface area contributed by atoms with E-state index in [1.807, 2.05) is 13.8 Å². The number of fused-ring (bicyclic) bond motifs is 3. The van der Waals surface area contributed by atoms with E-state index in [-0.39, 0.29) is 102 Å². The summed E-state index contributed by atoms with van der Waals surface area (Å²) in [5, 5.41) is 0. The fourth-order valence-electron chi connectivity index (χ4n) is 6.35. The van der Waals surface area contributed by atoms with Crippen molar-refractivity contribution in [3.8, 4) is 34.1 Å². The third-order valence-corrected chi connectivity index (χ3v) is 9.68. The van der Waals surface area contributed by atoms with Crippen molar-refractivity contribution < 1.29 is 94.4 Å². The first-order valence-electron chi connectivity index (χ1n) is 21.1. The largest absolute Gasteiger partial charge is 0.514 e. The van der Waals surface area contributed by atoms with E-state index in [0.717, 1.165) is 58.7 Å². The van der Waals surface area contributed by atoms with Crippen molar-refractivity contribution in [2.75, 3.05) is 79.3 Å². The van der Waals surface area contributed by atoms with Crippen molar-refractivity contribution in [3.05, 3.63) is 132 Å². The summed E-state index contributed by atoms with van der Waals surface area (Å²) in [5.41, 5.74) is 2.18. The molecule has 0 atom stereocenters. The molecule has 0 bridgehead atoms. The predicted molar refractivity (Wildman–Crippen MR) is 236 cm³/mol. The Morgan fingerprint density at radius 3 is 1.16 bits per heavy atom. The topological polar surface area (TPSA) is 213 Å². The third kappa shape index (κ3) is 15.8. The maximum Gasteiger partial charge on any atom is 0.514 e. The number of benzene rings is 4. The van der Waals surface area contributed by atoms with Crippen LogP contribution >= 0.6 is 0 Å². The van der Waals surface area contributed by atoms with Gasteiger partial charge < -0.3 is 56.8 Å². The molecule has 69 heavy (non-hydrogen) atoms. The molecule has 0 spiro atoms. The number of halogens is 2. The average Bonchev–Trinajstić information content (AvgIpc) is 3.55. The molecule has 0 N–H and O–H groups in total. The Labute approximate surface area is 394 Å². The smallest absolute Gasteiger partial charge is 0.460 e. The molecule has 20 heteroatoms. The molecule has 0 aliphatic heterocycles. The zero-order valence-electron chi connectivity index (χ0n) is 37.6. The first kappa shape index (κ1) is 52.4. The first-order chi connectivity index (χ1) is 33.2. The molecule has 1 aliphatic rings. The molecule has 0 unspecified atom stereocenters. The van der Waals surface area contributed by atoms with E-state index in [1.54, 1.807) is 36.4 Å². The summed E-state index contributed by atoms with van der Waals surface area (Å²) in [7, 11) is 0. The van der Waals surface area contributed by atoms with Gasteiger partial charge in [-0.15, -0.1) is 0 Å². The summed E-state index contributed by atoms with van der Waals surface area (Å²) in [5.74, 6) is -5.57. The van der Waals surface area contributed by atoms with E-state index in [4.69, 9.17) is 56.8 Å². The van der Waals surface area contributed by atoms with Crippen molar-refractivity contribution in [2.24, 2.45) is 0 Å². The monoisotopic (exact) mass is 962 g/mol. The molecular formula is C49H48F2O18. The lowest BCUT2D eigenvalue weighted by molar-refractivity contribution is -0.140. The van der Waals surface area contributed by atoms with Gasteiger partial charge in [-0.3, -0.25) is 0 Å². The van der Waals surface area contributed by atoms with Crippen LogP contribution in [-0.2, 0) is 52.9 Å². The number of carbonyl (C=O) groups is 6. The SMILES string of the molecule is C=CC(=O)OCCOCCOCCOC(=O)Oc1ccc(C(=O)Oc2ccc3c(c2)C(C)(C)c2cc(OC(=O)c4ccc(OC(=O)OCCOCCOCCOC(=O)C=C)c(F)c4)ccc2-3)cc1F. The number of esters is 4. The Balaban J connectivity index is 1.05. The van der Waals surface area contributed by atoms with Gasteiger partial charge in [-0.25, -0.2) is 37.5 Å². The highest BCUT2D eigenvalue weighted by Gasteiger charge is 2.36. The maximum absolute atomic E-state index is 14.9. The average molecular weight is 963 g/mol. The normalized spacial score (nSPS) is 11.8. The number of carbonyl (C=O) groups excluding carboxylic acids is 6. The van der Waals surface area contributed by atoms with E-state index in [9.17, 15) is 37.5 Å². The standard InChI is InChI=1S/C49H48F2O18/c1-5-43(52)62-23-19-58-15-17-60-21-25-64-47(56)68-41-13-7-31(27-39(41)50)45(54)66-33-9-11-35-36-12-10-34(30-38(36)49(3,4)37(35)29-33)67-46(55)32-8-14-42(40(51)28-32)69-48(57)65-26-22-61-18-16-59-20-24-63-44(53)6-2/h5-14,27-30H,1-2,15-26H2,3-4H3. The molecule has 5 rings (SSSR count). The lowest BCUT2D eigenvalue weighted by atomic mass is 9.82. The molecule has 4 aromatic rings. The third-order valence-electron chi connectivity index (χ3n) is 9.68. The summed E-state index contributed by atoms with van der Waals surface area (Å²) in [4.78, 5) is 72.3. The quantitative estimate of drug-likeness (QED) is 0.0151. The van der Waals surface area contributed by atoms with Crippen LogP contribution in [0, 0.1) is 11.6 Å². The molecular weight excluding hydrogens is 915 g/mol. The molecule has 0 saturated heterocycles. The van der Waals surface area contributed by atoms with Gasteiger partial charge in [-0.05, 0) is 82.9 Å². The summed E-state index contributed by atoms with van der Waals surface area (Å²) in [6, 6.07) is 16.3. The van der Waals surface area contributed by atoms with E-state index in [1.165, 1.54) is 12.1 Å². The number of hydrogen-bond donors (Lipinski definition) is 0. The van der Waals surface area contributed by atoms with Crippen molar-refractivity contribution in [1.82, 2.24) is 0 Å². The second-order valence-corrected chi connectivity index (χ2v) is 14.7. The summed E-state index contributed by atoms with van der Waals surface area (Å²) < 4.78 is 91.1. The van der Waals surface area contributed by atoms with Crippen LogP contribution < -0.4 is 18.9 Å². The van der Waals surface area contributed by atoms with Crippen LogP contribution in [0.1, 0.15) is 45.7 Å². The lowest BCUT2D eigenvalue weighted by Gasteiger charge is -2.22. The van der Waals surface area contributed by atoms with Crippen molar-refractivity contribution >= 4 is 36.2 Å². The zero-order valence-corrected chi connectivity index (χ0v) is 37.6. The highest BCUT2D eigenvalue weighted by Crippen LogP contribution is 2.50. The van der Waals surface area contributed by atoms with Gasteiger partial charge in [0.2, 0.25) is 0 Å². The molecule has 0 saturated carbocycles. The Hall–Kier alpha value is -7.52. The highest BCUT2D eigenvalue weighted by molar-refractivity contribution is 5.93. The number of rotatable bonds is 26. The van der Waals surface area contributed by atoms with Gasteiger partial charge in [0.25, 0.3) is 0 Å². The maximum atomic E-state index is 14.9. The van der Waals surface area contributed by atoms with Gasteiger partial charge in [-0.2, -0.15) is 0 Å². The Morgan fingerprint density at radius 2 is 0.812 bits per heavy atom. The molecule has 4 aromatic carbocycles. The van der Waals surface area contributed by atoms with Gasteiger partial charge in [0.1, 0.15) is 37.9 Å². The van der Waals surface area contributed by atoms with Gasteiger partial charge in [0, 0.05) is 17.6 Å². The summed E-state index contributed by atoms with van der Waals surface area (Å²) in [6.45, 7) is 11.2. The van der Waals surface area contributed by atoms with Crippen LogP contribution in [0.2, 0.25) is 0 Å². The highest BCUT2D eigenvalue weighted by atomic mass is 19.1. The van der Waals surface area contributed by atoms with E-state index >= 15 is 0 Å². The van der Waals surface area contributed by atoms with Gasteiger partial charge >= 0.3 is 36.2 Å². The van der Waals surface area contributed by atoms with Crippen LogP contribution in [0.5, 0.6) is 23.0 Å². The second kappa shape index (κ2) is 26.1. The molecule has 366 valence electrons. The molecule has 0 aromatic heterocycles. The zero-order chi connectivity index (χ0) is 49.8. The van der Waals surface area contributed by atoms with E-state index < -0.39 is 64.7 Å². The predicted octanol–water partition coefficient (Wildman–Crippen LogP) is 7.27. The Bertz CT molecular complexity index is 2330. The molecule has 0 amide bonds. The Kier molecular flexibility index (Phi) is 19.9. The van der Waals surface area contributed by atoms with Crippen molar-refractivity contribution in [2.45, 2.75) is 19.3 Å². The fourth-order valence-corrected chi connectivity index (χ4v) is 6.35. The van der Waals surface area contributed by atoms with Gasteiger partial charge in [0.15, 0.2) is 23.1 Å². The first-order valence-corrected chi connectivity index (χ1v) is 21.1. The molecule has 0 radical (unpaired) electrons. The molecule has 0 heterocycles. The van der Waals surface area contributed by atoms with Crippen molar-refractivity contribution in [1.29, 1.82) is 0 Å². The van der Waals surface area contributed by atoms with Crippen molar-refractivity contribution in [3.63, 3.8) is 0 Å². The van der Waals surface area contributed by atoms with Crippen LogP contribution in [-0.4, -0.2) is 115 Å². The number of ether oxygens (including phenoxy) is 12. The van der Waals surface area contributed by atoms with E-state index in [2.05, 4.69) is 13.2 Å². The Morgan fingerprint density at radius 1 is 0.464 bits per heavy atom. The minimum Gasteiger partial charge on any atom is -0.460 e. The number of hydrogen-bond acceptors (Lipinski definition) is 18. The fraction of sp³-hybridized carbons (Fsp3) is 0.306. The van der Waals surface area contributed by atoms with Gasteiger partial charge in [-0.1, -0.05) is 39.1 Å².